The van der Waals surface area contributed by atoms with Crippen LogP contribution in [0.5, 0.6) is 11.6 Å². The van der Waals surface area contributed by atoms with Crippen LogP contribution in [0.15, 0.2) is 47.6 Å². The van der Waals surface area contributed by atoms with Gasteiger partial charge >= 0.3 is 6.61 Å². The summed E-state index contributed by atoms with van der Waals surface area (Å²) in [5.41, 5.74) is 1.60. The summed E-state index contributed by atoms with van der Waals surface area (Å²) < 4.78 is 35.4. The number of halogens is 3. The van der Waals surface area contributed by atoms with E-state index in [1.54, 1.807) is 24.4 Å². The van der Waals surface area contributed by atoms with Crippen LogP contribution in [0.3, 0.4) is 0 Å². The van der Waals surface area contributed by atoms with Gasteiger partial charge in [0.05, 0.1) is 13.2 Å². The Bertz CT molecular complexity index is 819. The number of ether oxygens (including phenoxy) is 2. The standard InChI is InChI=1S/C21H26F2N4O2.HI/c1-2-24-21(27-13-17-5-3-4-6-18(17)29-20(22)23)26-12-16-9-10-25-19(11-16)28-14-15-7-8-15;/h3-6,9-11,15,20H,2,7-8,12-14H2,1H3,(H2,24,26,27);1H. The van der Waals surface area contributed by atoms with Crippen LogP contribution in [0.2, 0.25) is 0 Å². The number of para-hydroxylation sites is 1. The first kappa shape index (κ1) is 24.1. The van der Waals surface area contributed by atoms with Gasteiger partial charge in [-0.3, -0.25) is 0 Å². The van der Waals surface area contributed by atoms with E-state index in [1.807, 2.05) is 19.1 Å². The summed E-state index contributed by atoms with van der Waals surface area (Å²) in [5.74, 6) is 2.01. The van der Waals surface area contributed by atoms with E-state index in [9.17, 15) is 8.78 Å². The summed E-state index contributed by atoms with van der Waals surface area (Å²) in [5, 5.41) is 6.30. The fourth-order valence-electron chi connectivity index (χ4n) is 2.67. The lowest BCUT2D eigenvalue weighted by atomic mass is 10.2. The Morgan fingerprint density at radius 2 is 2.03 bits per heavy atom. The molecule has 30 heavy (non-hydrogen) atoms. The Hall–Kier alpha value is -2.17. The number of alkyl halides is 2. The molecule has 0 bridgehead atoms. The molecule has 0 atom stereocenters. The molecule has 0 saturated heterocycles. The lowest BCUT2D eigenvalue weighted by Gasteiger charge is -2.14. The van der Waals surface area contributed by atoms with E-state index in [2.05, 4.69) is 25.3 Å². The van der Waals surface area contributed by atoms with Crippen LogP contribution in [-0.4, -0.2) is 30.7 Å². The van der Waals surface area contributed by atoms with E-state index in [1.165, 1.54) is 18.9 Å². The van der Waals surface area contributed by atoms with Gasteiger partial charge in [0.25, 0.3) is 0 Å². The summed E-state index contributed by atoms with van der Waals surface area (Å²) >= 11 is 0. The molecular weight excluding hydrogens is 505 g/mol. The van der Waals surface area contributed by atoms with Crippen LogP contribution in [-0.2, 0) is 13.1 Å². The molecule has 6 nitrogen and oxygen atoms in total. The average Bonchev–Trinajstić information content (AvgIpc) is 3.54. The van der Waals surface area contributed by atoms with Gasteiger partial charge in [0.1, 0.15) is 5.75 Å². The number of aliphatic imine (C=N–C) groups is 1. The third-order valence-electron chi connectivity index (χ3n) is 4.36. The van der Waals surface area contributed by atoms with Crippen molar-refractivity contribution in [3.8, 4) is 11.6 Å². The van der Waals surface area contributed by atoms with Gasteiger partial charge < -0.3 is 20.1 Å². The number of hydrogen-bond acceptors (Lipinski definition) is 4. The van der Waals surface area contributed by atoms with Crippen molar-refractivity contribution in [3.05, 3.63) is 53.7 Å². The maximum absolute atomic E-state index is 12.6. The van der Waals surface area contributed by atoms with Gasteiger partial charge in [-0.2, -0.15) is 8.78 Å². The zero-order chi connectivity index (χ0) is 20.5. The van der Waals surface area contributed by atoms with Crippen LogP contribution in [0.1, 0.15) is 30.9 Å². The smallest absolute Gasteiger partial charge is 0.387 e. The van der Waals surface area contributed by atoms with Crippen LogP contribution >= 0.6 is 24.0 Å². The maximum Gasteiger partial charge on any atom is 0.387 e. The zero-order valence-corrected chi connectivity index (χ0v) is 19.1. The van der Waals surface area contributed by atoms with Crippen LogP contribution < -0.4 is 20.1 Å². The predicted molar refractivity (Wildman–Crippen MR) is 123 cm³/mol. The molecule has 0 amide bonds. The highest BCUT2D eigenvalue weighted by Crippen LogP contribution is 2.29. The van der Waals surface area contributed by atoms with Crippen molar-refractivity contribution < 1.29 is 18.3 Å². The molecule has 0 radical (unpaired) electrons. The molecular formula is C21H27F2IN4O2. The van der Waals surface area contributed by atoms with Gasteiger partial charge in [-0.05, 0) is 43.4 Å². The SMILES string of the molecule is CCNC(=NCc1ccnc(OCC2CC2)c1)NCc1ccccc1OC(F)F.I. The Morgan fingerprint density at radius 1 is 1.23 bits per heavy atom. The van der Waals surface area contributed by atoms with Crippen molar-refractivity contribution in [2.24, 2.45) is 10.9 Å². The molecule has 1 aliphatic carbocycles. The summed E-state index contributed by atoms with van der Waals surface area (Å²) in [6, 6.07) is 10.5. The molecule has 0 aliphatic heterocycles. The number of pyridine rings is 1. The van der Waals surface area contributed by atoms with Crippen molar-refractivity contribution in [3.63, 3.8) is 0 Å². The fraction of sp³-hybridized carbons (Fsp3) is 0.429. The molecule has 1 aromatic carbocycles. The van der Waals surface area contributed by atoms with E-state index < -0.39 is 6.61 Å². The van der Waals surface area contributed by atoms with Gasteiger partial charge in [0.15, 0.2) is 5.96 Å². The van der Waals surface area contributed by atoms with Gasteiger partial charge in [-0.1, -0.05) is 18.2 Å². The maximum atomic E-state index is 12.6. The third kappa shape index (κ3) is 8.29. The van der Waals surface area contributed by atoms with E-state index in [4.69, 9.17) is 4.74 Å². The van der Waals surface area contributed by atoms with E-state index in [0.29, 0.717) is 49.6 Å². The Kier molecular flexibility index (Phi) is 10.0. The summed E-state index contributed by atoms with van der Waals surface area (Å²) in [4.78, 5) is 8.79. The molecule has 2 N–H and O–H groups in total. The van der Waals surface area contributed by atoms with Gasteiger partial charge in [0.2, 0.25) is 5.88 Å². The molecule has 3 rings (SSSR count). The topological polar surface area (TPSA) is 67.8 Å². The van der Waals surface area contributed by atoms with Gasteiger partial charge in [0, 0.05) is 30.9 Å². The highest BCUT2D eigenvalue weighted by Gasteiger charge is 2.22. The number of nitrogens with zero attached hydrogens (tertiary/aromatic N) is 2. The first-order valence-electron chi connectivity index (χ1n) is 9.76. The normalized spacial score (nSPS) is 13.5. The quantitative estimate of drug-likeness (QED) is 0.271. The van der Waals surface area contributed by atoms with Crippen LogP contribution in [0, 0.1) is 5.92 Å². The number of hydrogen-bond donors (Lipinski definition) is 2. The summed E-state index contributed by atoms with van der Waals surface area (Å²) in [6.07, 6.45) is 4.17. The minimum Gasteiger partial charge on any atom is -0.477 e. The highest BCUT2D eigenvalue weighted by molar-refractivity contribution is 14.0. The molecule has 9 heteroatoms. The second kappa shape index (κ2) is 12.5. The van der Waals surface area contributed by atoms with Crippen molar-refractivity contribution in [2.75, 3.05) is 13.2 Å². The van der Waals surface area contributed by atoms with Crippen LogP contribution in [0.25, 0.3) is 0 Å². The van der Waals surface area contributed by atoms with Crippen molar-refractivity contribution in [2.45, 2.75) is 39.5 Å². The first-order valence-corrected chi connectivity index (χ1v) is 9.76. The molecule has 0 unspecified atom stereocenters. The number of benzene rings is 1. The lowest BCUT2D eigenvalue weighted by Crippen LogP contribution is -2.36. The molecule has 1 heterocycles. The van der Waals surface area contributed by atoms with E-state index >= 15 is 0 Å². The molecule has 2 aromatic rings. The molecule has 1 aromatic heterocycles. The van der Waals surface area contributed by atoms with Crippen molar-refractivity contribution in [1.29, 1.82) is 0 Å². The Balaban J connectivity index is 0.00000320. The number of aromatic nitrogens is 1. The van der Waals surface area contributed by atoms with Crippen molar-refractivity contribution >= 4 is 29.9 Å². The van der Waals surface area contributed by atoms with Gasteiger partial charge in [-0.25, -0.2) is 9.98 Å². The average molecular weight is 532 g/mol. The predicted octanol–water partition coefficient (Wildman–Crippen LogP) is 4.35. The zero-order valence-electron chi connectivity index (χ0n) is 16.8. The van der Waals surface area contributed by atoms with E-state index in [0.717, 1.165) is 5.56 Å². The summed E-state index contributed by atoms with van der Waals surface area (Å²) in [6.45, 7) is 1.23. The second-order valence-corrected chi connectivity index (χ2v) is 6.79. The molecule has 0 spiro atoms. The van der Waals surface area contributed by atoms with Crippen LogP contribution in [0.4, 0.5) is 8.78 Å². The fourth-order valence-corrected chi connectivity index (χ4v) is 2.67. The molecule has 1 fully saturated rings. The Morgan fingerprint density at radius 3 is 2.77 bits per heavy atom. The number of nitrogens with one attached hydrogen (secondary N) is 2. The van der Waals surface area contributed by atoms with Gasteiger partial charge in [-0.15, -0.1) is 24.0 Å². The molecule has 164 valence electrons. The molecule has 1 saturated carbocycles. The number of rotatable bonds is 10. The molecule has 1 aliphatic rings. The largest absolute Gasteiger partial charge is 0.477 e. The minimum atomic E-state index is -2.86. The number of guanidine groups is 1. The second-order valence-electron chi connectivity index (χ2n) is 6.79. The van der Waals surface area contributed by atoms with E-state index in [-0.39, 0.29) is 29.7 Å². The summed E-state index contributed by atoms with van der Waals surface area (Å²) in [7, 11) is 0. The monoisotopic (exact) mass is 532 g/mol. The van der Waals surface area contributed by atoms with Crippen molar-refractivity contribution in [1.82, 2.24) is 15.6 Å². The third-order valence-corrected chi connectivity index (χ3v) is 4.36. The highest BCUT2D eigenvalue weighted by atomic mass is 127. The first-order chi connectivity index (χ1) is 14.1. The lowest BCUT2D eigenvalue weighted by molar-refractivity contribution is -0.0504. The minimum absolute atomic E-state index is 0. The Labute approximate surface area is 192 Å².